The Labute approximate surface area is 248 Å². The van der Waals surface area contributed by atoms with Crippen molar-refractivity contribution in [2.24, 2.45) is 5.41 Å². The van der Waals surface area contributed by atoms with Gasteiger partial charge in [0.05, 0.1) is 38.9 Å². The van der Waals surface area contributed by atoms with E-state index in [0.717, 1.165) is 102 Å². The predicted molar refractivity (Wildman–Crippen MR) is 166 cm³/mol. The first-order valence-electron chi connectivity index (χ1n) is 14.9. The number of likely N-dealkylation sites (tertiary alicyclic amines) is 1. The van der Waals surface area contributed by atoms with Gasteiger partial charge in [-0.15, -0.1) is 0 Å². The quantitative estimate of drug-likeness (QED) is 0.250. The Hall–Kier alpha value is -4.89. The normalized spacial score (nSPS) is 17.9. The van der Waals surface area contributed by atoms with E-state index in [1.807, 2.05) is 65.6 Å². The summed E-state index contributed by atoms with van der Waals surface area (Å²) in [4.78, 5) is 41.6. The Kier molecular flexibility index (Phi) is 6.08. The van der Waals surface area contributed by atoms with E-state index in [9.17, 15) is 4.79 Å². The van der Waals surface area contributed by atoms with Gasteiger partial charge in [-0.25, -0.2) is 19.9 Å². The summed E-state index contributed by atoms with van der Waals surface area (Å²) in [6.07, 6.45) is 3.79. The molecule has 0 bridgehead atoms. The summed E-state index contributed by atoms with van der Waals surface area (Å²) in [6.45, 7) is 3.05. The summed E-state index contributed by atoms with van der Waals surface area (Å²) in [5.74, 6) is 1.45. The SMILES string of the molecule is O=CN1CCC2(CCNCC2)C(c2cccc(-c3nc4ccccc4[nH]3)n2)(c2cccc(-c3nc4ccccc4[nH]3)n2)C1. The van der Waals surface area contributed by atoms with E-state index in [1.54, 1.807) is 0 Å². The number of hydrogen-bond acceptors (Lipinski definition) is 6. The molecule has 0 radical (unpaired) electrons. The number of rotatable bonds is 5. The van der Waals surface area contributed by atoms with E-state index in [-0.39, 0.29) is 5.41 Å². The summed E-state index contributed by atoms with van der Waals surface area (Å²) >= 11 is 0. The van der Waals surface area contributed by atoms with Crippen LogP contribution in [-0.4, -0.2) is 67.4 Å². The number of H-pyrrole nitrogens is 2. The second kappa shape index (κ2) is 10.1. The van der Waals surface area contributed by atoms with Gasteiger partial charge in [-0.05, 0) is 86.3 Å². The number of carbonyl (C=O) groups excluding carboxylic acids is 1. The van der Waals surface area contributed by atoms with Crippen LogP contribution in [0.2, 0.25) is 0 Å². The summed E-state index contributed by atoms with van der Waals surface area (Å²) < 4.78 is 0. The summed E-state index contributed by atoms with van der Waals surface area (Å²) in [5.41, 5.74) is 6.33. The van der Waals surface area contributed by atoms with Crippen LogP contribution in [0.4, 0.5) is 0 Å². The number of hydrogen-bond donors (Lipinski definition) is 3. The molecule has 1 amide bonds. The zero-order valence-electron chi connectivity index (χ0n) is 23.8. The van der Waals surface area contributed by atoms with Crippen molar-refractivity contribution < 1.29 is 4.79 Å². The van der Waals surface area contributed by atoms with E-state index in [2.05, 4.69) is 39.6 Å². The number of piperidine rings is 2. The number of para-hydroxylation sites is 4. The zero-order chi connectivity index (χ0) is 28.9. The number of nitrogens with one attached hydrogen (secondary N) is 3. The average molecular weight is 569 g/mol. The molecule has 2 fully saturated rings. The minimum atomic E-state index is -0.641. The topological polar surface area (TPSA) is 115 Å². The van der Waals surface area contributed by atoms with Gasteiger partial charge in [-0.3, -0.25) is 4.79 Å². The third kappa shape index (κ3) is 4.14. The van der Waals surface area contributed by atoms with Crippen LogP contribution in [0.3, 0.4) is 0 Å². The second-order valence-corrected chi connectivity index (χ2v) is 11.8. The molecular formula is C34H32N8O. The number of benzene rings is 2. The molecule has 6 heterocycles. The lowest BCUT2D eigenvalue weighted by atomic mass is 9.52. The van der Waals surface area contributed by atoms with Crippen LogP contribution in [0, 0.1) is 5.41 Å². The van der Waals surface area contributed by atoms with Crippen molar-refractivity contribution in [1.82, 2.24) is 40.1 Å². The van der Waals surface area contributed by atoms with Crippen LogP contribution in [0.25, 0.3) is 45.1 Å². The maximum atomic E-state index is 12.4. The Balaban J connectivity index is 1.34. The standard InChI is InChI=1S/C34H32N8O/c43-22-42-20-17-33(15-18-35-19-16-33)34(21-42,29-13-5-11-27(36-29)31-38-23-7-1-2-8-24(23)39-31)30-14-6-12-28(37-30)32-40-25-9-3-4-10-26(25)41-32/h1-14,22,35H,15-21H2,(H,38,39)(H,40,41). The molecule has 43 heavy (non-hydrogen) atoms. The van der Waals surface area contributed by atoms with Crippen molar-refractivity contribution in [2.45, 2.75) is 24.7 Å². The molecular weight excluding hydrogens is 536 g/mol. The van der Waals surface area contributed by atoms with Gasteiger partial charge in [0.15, 0.2) is 11.6 Å². The van der Waals surface area contributed by atoms with Gasteiger partial charge in [-0.1, -0.05) is 36.4 Å². The highest BCUT2D eigenvalue weighted by Crippen LogP contribution is 2.56. The molecule has 0 atom stereocenters. The van der Waals surface area contributed by atoms with E-state index >= 15 is 0 Å². The number of amides is 1. The van der Waals surface area contributed by atoms with Gasteiger partial charge >= 0.3 is 0 Å². The minimum absolute atomic E-state index is 0.142. The van der Waals surface area contributed by atoms with Gasteiger partial charge in [-0.2, -0.15) is 0 Å². The number of imidazole rings is 2. The first-order valence-corrected chi connectivity index (χ1v) is 14.9. The maximum Gasteiger partial charge on any atom is 0.209 e. The lowest BCUT2D eigenvalue weighted by molar-refractivity contribution is -0.123. The van der Waals surface area contributed by atoms with Gasteiger partial charge in [0, 0.05) is 13.1 Å². The molecule has 2 aliphatic heterocycles. The highest BCUT2D eigenvalue weighted by Gasteiger charge is 2.58. The van der Waals surface area contributed by atoms with Gasteiger partial charge in [0.1, 0.15) is 11.4 Å². The van der Waals surface area contributed by atoms with Crippen molar-refractivity contribution in [3.8, 4) is 23.0 Å². The molecule has 2 aromatic carbocycles. The largest absolute Gasteiger partial charge is 0.344 e. The fourth-order valence-corrected chi connectivity index (χ4v) is 7.39. The Morgan fingerprint density at radius 1 is 0.651 bits per heavy atom. The third-order valence-corrected chi connectivity index (χ3v) is 9.57. The van der Waals surface area contributed by atoms with Gasteiger partial charge in [0.2, 0.25) is 6.41 Å². The lowest BCUT2D eigenvalue weighted by Gasteiger charge is -2.57. The van der Waals surface area contributed by atoms with Crippen LogP contribution in [0.1, 0.15) is 30.7 Å². The number of nitrogens with zero attached hydrogens (tertiary/aromatic N) is 5. The fraction of sp³-hybridized carbons (Fsp3) is 0.265. The predicted octanol–water partition coefficient (Wildman–Crippen LogP) is 5.08. The number of aromatic amines is 2. The van der Waals surface area contributed by atoms with Crippen molar-refractivity contribution in [2.75, 3.05) is 26.2 Å². The third-order valence-electron chi connectivity index (χ3n) is 9.57. The first-order chi connectivity index (χ1) is 21.2. The smallest absolute Gasteiger partial charge is 0.209 e. The van der Waals surface area contributed by atoms with Gasteiger partial charge < -0.3 is 20.2 Å². The van der Waals surface area contributed by atoms with E-state index in [4.69, 9.17) is 19.9 Å². The molecule has 8 rings (SSSR count). The molecule has 2 aliphatic rings. The first kappa shape index (κ1) is 25.8. The van der Waals surface area contributed by atoms with Crippen molar-refractivity contribution in [1.29, 1.82) is 0 Å². The average Bonchev–Trinajstić information content (AvgIpc) is 3.71. The van der Waals surface area contributed by atoms with Crippen LogP contribution in [0.15, 0.2) is 84.9 Å². The molecule has 4 aromatic heterocycles. The number of fused-ring (bicyclic) bond motifs is 2. The van der Waals surface area contributed by atoms with Crippen LogP contribution < -0.4 is 5.32 Å². The number of pyridine rings is 2. The van der Waals surface area contributed by atoms with E-state index in [1.165, 1.54) is 0 Å². The molecule has 3 N–H and O–H groups in total. The summed E-state index contributed by atoms with van der Waals surface area (Å²) in [6, 6.07) is 28.4. The van der Waals surface area contributed by atoms with Crippen molar-refractivity contribution in [3.05, 3.63) is 96.3 Å². The fourth-order valence-electron chi connectivity index (χ4n) is 7.39. The number of carbonyl (C=O) groups is 1. The highest BCUT2D eigenvalue weighted by molar-refractivity contribution is 5.79. The summed E-state index contributed by atoms with van der Waals surface area (Å²) in [7, 11) is 0. The van der Waals surface area contributed by atoms with E-state index in [0.29, 0.717) is 6.54 Å². The van der Waals surface area contributed by atoms with Gasteiger partial charge in [0.25, 0.3) is 0 Å². The monoisotopic (exact) mass is 568 g/mol. The second-order valence-electron chi connectivity index (χ2n) is 11.8. The Morgan fingerprint density at radius 2 is 1.21 bits per heavy atom. The van der Waals surface area contributed by atoms with E-state index < -0.39 is 5.41 Å². The maximum absolute atomic E-state index is 12.4. The molecule has 9 heteroatoms. The van der Waals surface area contributed by atoms with Crippen molar-refractivity contribution >= 4 is 28.5 Å². The molecule has 1 spiro atoms. The van der Waals surface area contributed by atoms with Crippen LogP contribution in [-0.2, 0) is 10.2 Å². The molecule has 6 aromatic rings. The Morgan fingerprint density at radius 3 is 1.74 bits per heavy atom. The molecule has 0 aliphatic carbocycles. The van der Waals surface area contributed by atoms with Crippen LogP contribution in [0.5, 0.6) is 0 Å². The highest BCUT2D eigenvalue weighted by atomic mass is 16.1. The van der Waals surface area contributed by atoms with Crippen molar-refractivity contribution in [3.63, 3.8) is 0 Å². The molecule has 9 nitrogen and oxygen atoms in total. The lowest BCUT2D eigenvalue weighted by Crippen LogP contribution is -2.62. The molecule has 0 saturated carbocycles. The molecule has 0 unspecified atom stereocenters. The zero-order valence-corrected chi connectivity index (χ0v) is 23.8. The van der Waals surface area contributed by atoms with Crippen LogP contribution >= 0.6 is 0 Å². The minimum Gasteiger partial charge on any atom is -0.344 e. The Bertz CT molecular complexity index is 1770. The molecule has 214 valence electrons. The number of aromatic nitrogens is 6. The molecule has 2 saturated heterocycles. The summed E-state index contributed by atoms with van der Waals surface area (Å²) in [5, 5.41) is 3.57.